The number of aliphatic hydroxyl groups excluding tert-OH is 1. The second-order valence-electron chi connectivity index (χ2n) is 4.78. The molecule has 2 rings (SSSR count). The van der Waals surface area contributed by atoms with E-state index in [0.29, 0.717) is 5.56 Å². The molecule has 0 spiro atoms. The molecule has 18 heavy (non-hydrogen) atoms. The summed E-state index contributed by atoms with van der Waals surface area (Å²) in [7, 11) is 0. The van der Waals surface area contributed by atoms with Crippen LogP contribution in [0.5, 0.6) is 0 Å². The highest BCUT2D eigenvalue weighted by Crippen LogP contribution is 2.31. The first kappa shape index (κ1) is 13.4. The Morgan fingerprint density at radius 3 is 2.83 bits per heavy atom. The van der Waals surface area contributed by atoms with Crippen LogP contribution in [0.1, 0.15) is 37.1 Å². The monoisotopic (exact) mass is 265 g/mol. The quantitative estimate of drug-likeness (QED) is 0.440. The van der Waals surface area contributed by atoms with E-state index in [9.17, 15) is 5.11 Å². The van der Waals surface area contributed by atoms with E-state index >= 15 is 0 Å². The van der Waals surface area contributed by atoms with Crippen LogP contribution in [-0.2, 0) is 12.8 Å². The van der Waals surface area contributed by atoms with Crippen LogP contribution in [0.25, 0.3) is 0 Å². The fourth-order valence-electron chi connectivity index (χ4n) is 2.01. The van der Waals surface area contributed by atoms with Gasteiger partial charge in [0.1, 0.15) is 10.9 Å². The summed E-state index contributed by atoms with van der Waals surface area (Å²) in [6.45, 7) is 3.71. The van der Waals surface area contributed by atoms with Crippen LogP contribution in [0.3, 0.4) is 0 Å². The lowest BCUT2D eigenvalue weighted by atomic mass is 10.1. The van der Waals surface area contributed by atoms with Gasteiger partial charge in [-0.2, -0.15) is 0 Å². The van der Waals surface area contributed by atoms with Crippen molar-refractivity contribution in [2.24, 2.45) is 5.73 Å². The van der Waals surface area contributed by atoms with Crippen LogP contribution in [0.15, 0.2) is 11.1 Å². The molecule has 2 unspecified atom stereocenters. The van der Waals surface area contributed by atoms with Crippen molar-refractivity contribution in [3.05, 3.63) is 22.9 Å². The molecule has 0 bridgehead atoms. The van der Waals surface area contributed by atoms with E-state index in [1.165, 1.54) is 17.3 Å². The Balaban J connectivity index is 2.35. The number of nitrogens with one attached hydrogen (secondary N) is 1. The summed E-state index contributed by atoms with van der Waals surface area (Å²) in [6, 6.07) is 1.99. The SMILES string of the molecule is CC(O)C(C)Sc1nc2c(cc1C(=N)N)CCC2. The first-order valence-electron chi connectivity index (χ1n) is 6.21. The second kappa shape index (κ2) is 5.28. The minimum atomic E-state index is -0.412. The smallest absolute Gasteiger partial charge is 0.125 e. The van der Waals surface area contributed by atoms with E-state index in [2.05, 4.69) is 4.98 Å². The molecule has 0 amide bonds. The maximum absolute atomic E-state index is 9.57. The van der Waals surface area contributed by atoms with Crippen molar-refractivity contribution in [1.29, 1.82) is 5.41 Å². The average Bonchev–Trinajstić information content (AvgIpc) is 2.74. The van der Waals surface area contributed by atoms with Crippen molar-refractivity contribution in [2.45, 2.75) is 49.5 Å². The molecule has 0 fully saturated rings. The van der Waals surface area contributed by atoms with E-state index in [1.54, 1.807) is 6.92 Å². The lowest BCUT2D eigenvalue weighted by molar-refractivity contribution is 0.196. The Bertz CT molecular complexity index is 474. The van der Waals surface area contributed by atoms with Gasteiger partial charge in [0.15, 0.2) is 0 Å². The van der Waals surface area contributed by atoms with Gasteiger partial charge in [0.2, 0.25) is 0 Å². The number of rotatable bonds is 4. The molecule has 1 aliphatic rings. The lowest BCUT2D eigenvalue weighted by Gasteiger charge is -2.16. The zero-order chi connectivity index (χ0) is 13.3. The van der Waals surface area contributed by atoms with E-state index in [1.807, 2.05) is 13.0 Å². The van der Waals surface area contributed by atoms with Crippen molar-refractivity contribution in [3.8, 4) is 0 Å². The van der Waals surface area contributed by atoms with Gasteiger partial charge in [-0.1, -0.05) is 18.7 Å². The highest BCUT2D eigenvalue weighted by atomic mass is 32.2. The van der Waals surface area contributed by atoms with Gasteiger partial charge in [-0.25, -0.2) is 4.98 Å². The highest BCUT2D eigenvalue weighted by Gasteiger charge is 2.20. The Morgan fingerprint density at radius 1 is 1.50 bits per heavy atom. The number of aliphatic hydroxyl groups is 1. The number of nitrogens with zero attached hydrogens (tertiary/aromatic N) is 1. The molecular formula is C13H19N3OS. The number of aromatic nitrogens is 1. The second-order valence-corrected chi connectivity index (χ2v) is 6.14. The number of hydrogen-bond acceptors (Lipinski definition) is 4. The van der Waals surface area contributed by atoms with Crippen LogP contribution in [0, 0.1) is 5.41 Å². The van der Waals surface area contributed by atoms with Crippen molar-refractivity contribution in [1.82, 2.24) is 4.98 Å². The van der Waals surface area contributed by atoms with Crippen LogP contribution in [-0.4, -0.2) is 27.3 Å². The lowest BCUT2D eigenvalue weighted by Crippen LogP contribution is -2.18. The zero-order valence-electron chi connectivity index (χ0n) is 10.7. The van der Waals surface area contributed by atoms with Gasteiger partial charge in [0, 0.05) is 16.5 Å². The maximum Gasteiger partial charge on any atom is 0.125 e. The van der Waals surface area contributed by atoms with Crippen molar-refractivity contribution < 1.29 is 5.11 Å². The Morgan fingerprint density at radius 2 is 2.22 bits per heavy atom. The maximum atomic E-state index is 9.57. The molecule has 1 heterocycles. The summed E-state index contributed by atoms with van der Waals surface area (Å²) in [5, 5.41) is 18.0. The number of fused-ring (bicyclic) bond motifs is 1. The summed E-state index contributed by atoms with van der Waals surface area (Å²) in [5.74, 6) is 0.0532. The molecule has 4 nitrogen and oxygen atoms in total. The first-order chi connectivity index (χ1) is 8.49. The minimum absolute atomic E-state index is 0.0371. The van der Waals surface area contributed by atoms with Crippen LogP contribution in [0.4, 0.5) is 0 Å². The molecule has 2 atom stereocenters. The molecule has 1 aromatic heterocycles. The van der Waals surface area contributed by atoms with Crippen LogP contribution >= 0.6 is 11.8 Å². The van der Waals surface area contributed by atoms with E-state index in [4.69, 9.17) is 11.1 Å². The number of pyridine rings is 1. The van der Waals surface area contributed by atoms with E-state index in [-0.39, 0.29) is 11.1 Å². The number of hydrogen-bond donors (Lipinski definition) is 3. The van der Waals surface area contributed by atoms with Crippen LogP contribution in [0.2, 0.25) is 0 Å². The fraction of sp³-hybridized carbons (Fsp3) is 0.538. The largest absolute Gasteiger partial charge is 0.392 e. The number of nitrogens with two attached hydrogens (primary N) is 1. The predicted octanol–water partition coefficient (Wildman–Crippen LogP) is 1.72. The summed E-state index contributed by atoms with van der Waals surface area (Å²) < 4.78 is 0. The van der Waals surface area contributed by atoms with Crippen molar-refractivity contribution >= 4 is 17.6 Å². The summed E-state index contributed by atoms with van der Waals surface area (Å²) in [5.41, 5.74) is 8.67. The summed E-state index contributed by atoms with van der Waals surface area (Å²) in [4.78, 5) is 4.63. The fourth-order valence-corrected chi connectivity index (χ4v) is 3.02. The molecule has 0 aromatic carbocycles. The van der Waals surface area contributed by atoms with Gasteiger partial charge in [0.25, 0.3) is 0 Å². The molecule has 98 valence electrons. The normalized spacial score (nSPS) is 17.3. The van der Waals surface area contributed by atoms with Gasteiger partial charge in [-0.15, -0.1) is 0 Å². The molecule has 1 aliphatic carbocycles. The van der Waals surface area contributed by atoms with Gasteiger partial charge < -0.3 is 10.8 Å². The predicted molar refractivity (Wildman–Crippen MR) is 74.3 cm³/mol. The van der Waals surface area contributed by atoms with E-state index in [0.717, 1.165) is 30.0 Å². The van der Waals surface area contributed by atoms with Gasteiger partial charge >= 0.3 is 0 Å². The van der Waals surface area contributed by atoms with Crippen molar-refractivity contribution in [3.63, 3.8) is 0 Å². The van der Waals surface area contributed by atoms with Crippen LogP contribution < -0.4 is 5.73 Å². The van der Waals surface area contributed by atoms with Gasteiger partial charge in [0.05, 0.1) is 6.10 Å². The Labute approximate surface area is 112 Å². The number of nitrogen functional groups attached to an aromatic ring is 1. The van der Waals surface area contributed by atoms with E-state index < -0.39 is 6.10 Å². The average molecular weight is 265 g/mol. The third-order valence-corrected chi connectivity index (χ3v) is 4.58. The third-order valence-electron chi connectivity index (χ3n) is 3.28. The first-order valence-corrected chi connectivity index (χ1v) is 7.09. The molecule has 0 saturated carbocycles. The van der Waals surface area contributed by atoms with Gasteiger partial charge in [-0.05, 0) is 37.8 Å². The summed E-state index contributed by atoms with van der Waals surface area (Å²) >= 11 is 1.49. The molecule has 0 aliphatic heterocycles. The zero-order valence-corrected chi connectivity index (χ0v) is 11.5. The number of amidine groups is 1. The summed E-state index contributed by atoms with van der Waals surface area (Å²) in [6.07, 6.45) is 2.74. The third kappa shape index (κ3) is 2.67. The minimum Gasteiger partial charge on any atom is -0.392 e. The topological polar surface area (TPSA) is 83.0 Å². The number of thioether (sulfide) groups is 1. The molecule has 1 aromatic rings. The molecule has 4 N–H and O–H groups in total. The standard InChI is InChI=1S/C13H19N3OS/c1-7(17)8(2)18-13-10(12(14)15)6-9-4-3-5-11(9)16-13/h6-8,17H,3-5H2,1-2H3,(H3,14,15). The highest BCUT2D eigenvalue weighted by molar-refractivity contribution is 8.00. The molecule has 5 heteroatoms. The molecule has 0 saturated heterocycles. The Hall–Kier alpha value is -1.07. The molecule has 0 radical (unpaired) electrons. The Kier molecular flexibility index (Phi) is 3.92. The number of aryl methyl sites for hydroxylation is 2. The van der Waals surface area contributed by atoms with Crippen molar-refractivity contribution in [2.75, 3.05) is 0 Å². The van der Waals surface area contributed by atoms with Gasteiger partial charge in [-0.3, -0.25) is 5.41 Å². The molecular weight excluding hydrogens is 246 g/mol.